The molecule has 0 bridgehead atoms. The second kappa shape index (κ2) is 14.2. The van der Waals surface area contributed by atoms with Crippen molar-refractivity contribution in [3.63, 3.8) is 0 Å². The minimum atomic E-state index is -0.891. The molecule has 3 saturated heterocycles. The number of rotatable bonds is 6. The second-order valence-electron chi connectivity index (χ2n) is 14.6. The first kappa shape index (κ1) is 33.3. The molecule has 0 radical (unpaired) electrons. The second-order valence-corrected chi connectivity index (χ2v) is 14.6. The SMILES string of the molecule is Cc1cc(C[C@@H](OC(=O)N2CCC(N3CCc4ccccc4NC3=O)CC2)C(=O)[N+]2(C)CCC(C3CCNCC3)CC2)cc(C)c1N. The molecule has 4 aliphatic rings. The van der Waals surface area contributed by atoms with E-state index >= 15 is 0 Å². The molecule has 2 aromatic carbocycles. The van der Waals surface area contributed by atoms with Gasteiger partial charge in [0.05, 0.1) is 20.1 Å². The van der Waals surface area contributed by atoms with Gasteiger partial charge in [0.2, 0.25) is 6.10 Å². The van der Waals surface area contributed by atoms with Crippen LogP contribution in [0.4, 0.5) is 21.0 Å². The number of hydrogen-bond donors (Lipinski definition) is 3. The molecule has 4 amide bonds. The average molecular weight is 646 g/mol. The highest BCUT2D eigenvalue weighted by Gasteiger charge is 2.45. The topological polar surface area (TPSA) is 117 Å². The van der Waals surface area contributed by atoms with E-state index in [1.165, 1.54) is 12.8 Å². The van der Waals surface area contributed by atoms with Crippen LogP contribution in [0.25, 0.3) is 0 Å². The van der Waals surface area contributed by atoms with Gasteiger partial charge in [-0.2, -0.15) is 0 Å². The lowest BCUT2D eigenvalue weighted by Gasteiger charge is -2.42. The predicted octanol–water partition coefficient (Wildman–Crippen LogP) is 4.87. The maximum Gasteiger partial charge on any atom is 0.410 e. The quantitative estimate of drug-likeness (QED) is 0.305. The standard InChI is InChI=1S/C37H52N6O4/c1-25-22-27(23-26(2)34(25)38)24-33(35(44)43(3)20-13-29(14-21-43)28-8-15-39-16-9-28)47-37(46)41-17-11-31(12-18-41)42-19-10-30-6-4-5-7-32(30)40-36(42)45/h4-7,22-23,28-29,31,33,39H,8-21,24,38H2,1-3H3/p+1/t29?,33-,43?/m1/s1. The average Bonchev–Trinajstić information content (AvgIpc) is 3.25. The number of carbonyl (C=O) groups is 3. The maximum atomic E-state index is 14.4. The number of likely N-dealkylation sites (tertiary alicyclic amines) is 2. The monoisotopic (exact) mass is 645 g/mol. The fraction of sp³-hybridized carbons (Fsp3) is 0.595. The molecule has 10 heteroatoms. The van der Waals surface area contributed by atoms with Gasteiger partial charge < -0.3 is 30.9 Å². The van der Waals surface area contributed by atoms with Crippen LogP contribution in [0.2, 0.25) is 0 Å². The van der Waals surface area contributed by atoms with E-state index in [9.17, 15) is 14.4 Å². The number of quaternary nitrogens is 1. The number of para-hydroxylation sites is 1. The van der Waals surface area contributed by atoms with Crippen molar-refractivity contribution >= 4 is 29.4 Å². The third-order valence-corrected chi connectivity index (χ3v) is 11.5. The summed E-state index contributed by atoms with van der Waals surface area (Å²) in [7, 11) is 2.03. The van der Waals surface area contributed by atoms with Crippen molar-refractivity contribution in [2.45, 2.75) is 77.4 Å². The van der Waals surface area contributed by atoms with Crippen LogP contribution < -0.4 is 16.4 Å². The Labute approximate surface area is 279 Å². The van der Waals surface area contributed by atoms with Gasteiger partial charge in [-0.1, -0.05) is 30.3 Å². The van der Waals surface area contributed by atoms with Crippen molar-refractivity contribution in [1.82, 2.24) is 15.1 Å². The molecule has 47 heavy (non-hydrogen) atoms. The number of nitrogens with two attached hydrogens (primary N) is 1. The summed E-state index contributed by atoms with van der Waals surface area (Å²) in [6.07, 6.45) is 5.58. The first-order valence-corrected chi connectivity index (χ1v) is 17.7. The Balaban J connectivity index is 1.11. The lowest BCUT2D eigenvalue weighted by Crippen LogP contribution is -2.59. The smallest absolute Gasteiger partial charge is 0.410 e. The molecule has 254 valence electrons. The molecule has 4 aliphatic heterocycles. The summed E-state index contributed by atoms with van der Waals surface area (Å²) in [4.78, 5) is 44.8. The maximum absolute atomic E-state index is 14.4. The minimum Gasteiger partial charge on any atom is -0.431 e. The van der Waals surface area contributed by atoms with E-state index in [2.05, 4.69) is 16.7 Å². The van der Waals surface area contributed by atoms with Crippen LogP contribution in [0.3, 0.4) is 0 Å². The van der Waals surface area contributed by atoms with Crippen molar-refractivity contribution in [2.75, 3.05) is 63.9 Å². The third kappa shape index (κ3) is 7.44. The van der Waals surface area contributed by atoms with E-state index in [-0.39, 0.29) is 18.0 Å². The van der Waals surface area contributed by atoms with Gasteiger partial charge in [-0.3, -0.25) is 4.48 Å². The van der Waals surface area contributed by atoms with Crippen molar-refractivity contribution in [1.29, 1.82) is 0 Å². The number of likely N-dealkylation sites (N-methyl/N-ethyl adjacent to an activating group) is 1. The van der Waals surface area contributed by atoms with Gasteiger partial charge in [0.1, 0.15) is 0 Å². The van der Waals surface area contributed by atoms with Crippen LogP contribution in [-0.4, -0.2) is 97.3 Å². The molecule has 0 aromatic heterocycles. The Kier molecular flexibility index (Phi) is 10.1. The van der Waals surface area contributed by atoms with Crippen LogP contribution in [0.1, 0.15) is 60.8 Å². The van der Waals surface area contributed by atoms with Gasteiger partial charge in [0, 0.05) is 56.3 Å². The van der Waals surface area contributed by atoms with Gasteiger partial charge in [-0.15, -0.1) is 0 Å². The first-order valence-electron chi connectivity index (χ1n) is 17.7. The molecule has 0 spiro atoms. The van der Waals surface area contributed by atoms with E-state index in [1.54, 1.807) is 4.90 Å². The van der Waals surface area contributed by atoms with E-state index in [0.29, 0.717) is 49.3 Å². The van der Waals surface area contributed by atoms with Crippen molar-refractivity contribution in [3.05, 3.63) is 58.7 Å². The molecule has 2 aromatic rings. The highest BCUT2D eigenvalue weighted by Crippen LogP contribution is 2.34. The number of hydrogen-bond acceptors (Lipinski definition) is 6. The van der Waals surface area contributed by atoms with Gasteiger partial charge in [0.15, 0.2) is 0 Å². The van der Waals surface area contributed by atoms with Crippen LogP contribution in [0.5, 0.6) is 0 Å². The van der Waals surface area contributed by atoms with Crippen molar-refractivity contribution < 1.29 is 23.6 Å². The first-order chi connectivity index (χ1) is 22.6. The number of piperidine rings is 3. The number of nitrogen functional groups attached to an aromatic ring is 1. The number of nitrogens with one attached hydrogen (secondary N) is 2. The van der Waals surface area contributed by atoms with Crippen LogP contribution >= 0.6 is 0 Å². The van der Waals surface area contributed by atoms with E-state index in [1.807, 2.05) is 56.1 Å². The number of carbonyl (C=O) groups excluding carboxylic acids is 3. The van der Waals surface area contributed by atoms with Gasteiger partial charge in [0.25, 0.3) is 0 Å². The molecule has 1 atom stereocenters. The number of benzene rings is 2. The summed E-state index contributed by atoms with van der Waals surface area (Å²) in [6, 6.07) is 11.9. The van der Waals surface area contributed by atoms with E-state index < -0.39 is 12.2 Å². The molecule has 10 nitrogen and oxygen atoms in total. The number of nitrogens with zero attached hydrogens (tertiary/aromatic N) is 3. The predicted molar refractivity (Wildman–Crippen MR) is 184 cm³/mol. The molecule has 0 aliphatic carbocycles. The molecule has 3 fully saturated rings. The summed E-state index contributed by atoms with van der Waals surface area (Å²) in [5.41, 5.74) is 11.9. The summed E-state index contributed by atoms with van der Waals surface area (Å²) in [5, 5.41) is 6.54. The lowest BCUT2D eigenvalue weighted by atomic mass is 9.78. The van der Waals surface area contributed by atoms with Crippen LogP contribution in [0.15, 0.2) is 36.4 Å². The Hall–Kier alpha value is -3.63. The Bertz CT molecular complexity index is 1430. The number of ether oxygens (including phenoxy) is 1. The van der Waals surface area contributed by atoms with E-state index in [4.69, 9.17) is 10.5 Å². The summed E-state index contributed by atoms with van der Waals surface area (Å²) >= 11 is 0. The zero-order valence-corrected chi connectivity index (χ0v) is 28.4. The zero-order valence-electron chi connectivity index (χ0n) is 28.4. The van der Waals surface area contributed by atoms with Crippen molar-refractivity contribution in [2.24, 2.45) is 11.8 Å². The number of urea groups is 1. The lowest BCUT2D eigenvalue weighted by molar-refractivity contribution is -0.843. The molecule has 6 rings (SSSR count). The normalized spacial score (nSPS) is 25.0. The Morgan fingerprint density at radius 3 is 2.28 bits per heavy atom. The summed E-state index contributed by atoms with van der Waals surface area (Å²) in [6.45, 7) is 9.26. The number of anilines is 2. The van der Waals surface area contributed by atoms with Gasteiger partial charge in [-0.25, -0.2) is 14.4 Å². The fourth-order valence-corrected chi connectivity index (χ4v) is 8.38. The summed E-state index contributed by atoms with van der Waals surface area (Å²) < 4.78 is 6.47. The molecule has 0 unspecified atom stereocenters. The zero-order chi connectivity index (χ0) is 33.1. The molecule has 4 N–H and O–H groups in total. The van der Waals surface area contributed by atoms with Gasteiger partial charge in [-0.05, 0) is 99.2 Å². The van der Waals surface area contributed by atoms with Crippen molar-refractivity contribution in [3.8, 4) is 0 Å². The number of fused-ring (bicyclic) bond motifs is 1. The fourth-order valence-electron chi connectivity index (χ4n) is 8.38. The molecule has 0 saturated carbocycles. The number of amides is 4. The molecule has 4 heterocycles. The molecular weight excluding hydrogens is 592 g/mol. The minimum absolute atomic E-state index is 0.0232. The number of aryl methyl sites for hydroxylation is 2. The molecular formula is C37H53N6O4+. The third-order valence-electron chi connectivity index (χ3n) is 11.5. The summed E-state index contributed by atoms with van der Waals surface area (Å²) in [5.74, 6) is 1.36. The highest BCUT2D eigenvalue weighted by atomic mass is 16.6. The Morgan fingerprint density at radius 2 is 1.60 bits per heavy atom. The highest BCUT2D eigenvalue weighted by molar-refractivity contribution is 5.91. The van der Waals surface area contributed by atoms with Crippen LogP contribution in [0, 0.1) is 25.7 Å². The van der Waals surface area contributed by atoms with Crippen LogP contribution in [-0.2, 0) is 22.4 Å². The van der Waals surface area contributed by atoms with E-state index in [0.717, 1.165) is 85.0 Å². The van der Waals surface area contributed by atoms with Gasteiger partial charge >= 0.3 is 18.0 Å². The largest absolute Gasteiger partial charge is 0.431 e. The Morgan fingerprint density at radius 1 is 0.957 bits per heavy atom.